The van der Waals surface area contributed by atoms with Crippen molar-refractivity contribution in [3.63, 3.8) is 0 Å². The van der Waals surface area contributed by atoms with Gasteiger partial charge >= 0.3 is 0 Å². The van der Waals surface area contributed by atoms with Crippen LogP contribution in [0.3, 0.4) is 0 Å². The lowest BCUT2D eigenvalue weighted by Crippen LogP contribution is -2.38. The van der Waals surface area contributed by atoms with E-state index in [-0.39, 0.29) is 29.0 Å². The number of amides is 1. The summed E-state index contributed by atoms with van der Waals surface area (Å²) in [6.45, 7) is 6.59. The van der Waals surface area contributed by atoms with Crippen LogP contribution in [0.1, 0.15) is 74.3 Å². The molecule has 4 rings (SSSR count). The molecule has 0 aliphatic carbocycles. The SMILES string of the molecule is CCc1c(C(F)F)cccc1[C@@H](C)Nc1ncnc2c1cc(C1CCN(C(C)=O)CC1)c(=O)n2C. The van der Waals surface area contributed by atoms with Crippen LogP contribution in [-0.2, 0) is 18.3 Å². The molecule has 35 heavy (non-hydrogen) atoms. The lowest BCUT2D eigenvalue weighted by Gasteiger charge is -2.31. The molecule has 1 N–H and O–H groups in total. The number of carbonyl (C=O) groups is 1. The third kappa shape index (κ3) is 4.76. The van der Waals surface area contributed by atoms with E-state index < -0.39 is 6.43 Å². The fourth-order valence-electron chi connectivity index (χ4n) is 5.13. The molecule has 1 atom stereocenters. The van der Waals surface area contributed by atoms with Crippen LogP contribution in [0.4, 0.5) is 14.6 Å². The third-order valence-corrected chi connectivity index (χ3v) is 7.07. The number of nitrogens with one attached hydrogen (secondary N) is 1. The summed E-state index contributed by atoms with van der Waals surface area (Å²) in [6, 6.07) is 6.55. The maximum atomic E-state index is 13.6. The molecule has 1 amide bonds. The van der Waals surface area contributed by atoms with E-state index in [1.165, 1.54) is 17.0 Å². The molecule has 1 aliphatic heterocycles. The van der Waals surface area contributed by atoms with Crippen molar-refractivity contribution in [3.05, 3.63) is 63.2 Å². The number of pyridine rings is 1. The summed E-state index contributed by atoms with van der Waals surface area (Å²) in [6.07, 6.45) is 0.784. The highest BCUT2D eigenvalue weighted by molar-refractivity contribution is 5.87. The van der Waals surface area contributed by atoms with Crippen molar-refractivity contribution in [1.82, 2.24) is 19.4 Å². The Morgan fingerprint density at radius 3 is 2.51 bits per heavy atom. The summed E-state index contributed by atoms with van der Waals surface area (Å²) in [5.74, 6) is 0.629. The van der Waals surface area contributed by atoms with Gasteiger partial charge in [0.05, 0.1) is 11.4 Å². The number of nitrogens with zero attached hydrogens (tertiary/aromatic N) is 4. The molecule has 0 radical (unpaired) electrons. The summed E-state index contributed by atoms with van der Waals surface area (Å²) in [5, 5.41) is 4.08. The summed E-state index contributed by atoms with van der Waals surface area (Å²) >= 11 is 0. The summed E-state index contributed by atoms with van der Waals surface area (Å²) in [5.41, 5.74) is 2.55. The molecule has 2 aromatic heterocycles. The highest BCUT2D eigenvalue weighted by Crippen LogP contribution is 2.33. The van der Waals surface area contributed by atoms with Gasteiger partial charge in [0, 0.05) is 38.2 Å². The van der Waals surface area contributed by atoms with Crippen LogP contribution < -0.4 is 10.9 Å². The number of piperidine rings is 1. The Morgan fingerprint density at radius 1 is 1.20 bits per heavy atom. The predicted octanol–water partition coefficient (Wildman–Crippen LogP) is 4.73. The van der Waals surface area contributed by atoms with Crippen LogP contribution in [-0.4, -0.2) is 38.4 Å². The van der Waals surface area contributed by atoms with Gasteiger partial charge in [0.1, 0.15) is 17.8 Å². The molecule has 1 fully saturated rings. The van der Waals surface area contributed by atoms with Gasteiger partial charge in [-0.25, -0.2) is 18.7 Å². The Labute approximate surface area is 203 Å². The molecule has 186 valence electrons. The zero-order chi connectivity index (χ0) is 25.3. The number of alkyl halides is 2. The highest BCUT2D eigenvalue weighted by Gasteiger charge is 2.26. The van der Waals surface area contributed by atoms with Crippen molar-refractivity contribution in [1.29, 1.82) is 0 Å². The average Bonchev–Trinajstić information content (AvgIpc) is 2.85. The first kappa shape index (κ1) is 24.8. The second-order valence-corrected chi connectivity index (χ2v) is 9.14. The smallest absolute Gasteiger partial charge is 0.264 e. The minimum atomic E-state index is -2.54. The van der Waals surface area contributed by atoms with Crippen LogP contribution in [0.25, 0.3) is 11.0 Å². The van der Waals surface area contributed by atoms with Crippen LogP contribution >= 0.6 is 0 Å². The number of hydrogen-bond donors (Lipinski definition) is 1. The van der Waals surface area contributed by atoms with Crippen molar-refractivity contribution in [3.8, 4) is 0 Å². The number of aryl methyl sites for hydroxylation is 1. The van der Waals surface area contributed by atoms with E-state index in [9.17, 15) is 18.4 Å². The maximum absolute atomic E-state index is 13.6. The molecule has 1 saturated heterocycles. The first-order valence-corrected chi connectivity index (χ1v) is 12.0. The molecule has 1 aromatic carbocycles. The Balaban J connectivity index is 1.71. The number of rotatable bonds is 6. The lowest BCUT2D eigenvalue weighted by atomic mass is 9.89. The predicted molar refractivity (Wildman–Crippen MR) is 132 cm³/mol. The van der Waals surface area contributed by atoms with Crippen LogP contribution in [0, 0.1) is 0 Å². The molecule has 9 heteroatoms. The van der Waals surface area contributed by atoms with Crippen molar-refractivity contribution >= 4 is 22.8 Å². The number of anilines is 1. The molecular weight excluding hydrogens is 452 g/mol. The fraction of sp³-hybridized carbons (Fsp3) is 0.462. The zero-order valence-electron chi connectivity index (χ0n) is 20.5. The van der Waals surface area contributed by atoms with E-state index in [2.05, 4.69) is 15.3 Å². The van der Waals surface area contributed by atoms with Crippen molar-refractivity contribution in [2.75, 3.05) is 18.4 Å². The molecule has 3 heterocycles. The van der Waals surface area contributed by atoms with E-state index in [0.717, 1.165) is 5.56 Å². The molecule has 3 aromatic rings. The number of carbonyl (C=O) groups excluding carboxylic acids is 1. The van der Waals surface area contributed by atoms with Gasteiger partial charge in [0.15, 0.2) is 0 Å². The Morgan fingerprint density at radius 2 is 1.89 bits per heavy atom. The normalized spacial score (nSPS) is 15.6. The molecule has 1 aliphatic rings. The topological polar surface area (TPSA) is 80.1 Å². The number of fused-ring (bicyclic) bond motifs is 1. The van der Waals surface area contributed by atoms with E-state index in [4.69, 9.17) is 0 Å². The van der Waals surface area contributed by atoms with Crippen LogP contribution in [0.2, 0.25) is 0 Å². The second kappa shape index (κ2) is 10.1. The molecule has 0 bridgehead atoms. The highest BCUT2D eigenvalue weighted by atomic mass is 19.3. The van der Waals surface area contributed by atoms with Gasteiger partial charge in [-0.05, 0) is 49.3 Å². The maximum Gasteiger partial charge on any atom is 0.264 e. The van der Waals surface area contributed by atoms with Crippen molar-refractivity contribution < 1.29 is 13.6 Å². The Kier molecular flexibility index (Phi) is 7.14. The quantitative estimate of drug-likeness (QED) is 0.549. The summed E-state index contributed by atoms with van der Waals surface area (Å²) < 4.78 is 28.7. The van der Waals surface area contributed by atoms with Gasteiger partial charge < -0.3 is 10.2 Å². The van der Waals surface area contributed by atoms with Gasteiger partial charge in [-0.1, -0.05) is 25.1 Å². The van der Waals surface area contributed by atoms with Crippen LogP contribution in [0.15, 0.2) is 35.4 Å². The molecule has 0 saturated carbocycles. The number of hydrogen-bond acceptors (Lipinski definition) is 5. The van der Waals surface area contributed by atoms with Gasteiger partial charge in [-0.15, -0.1) is 0 Å². The molecule has 7 nitrogen and oxygen atoms in total. The summed E-state index contributed by atoms with van der Waals surface area (Å²) in [4.78, 5) is 35.4. The van der Waals surface area contributed by atoms with Crippen LogP contribution in [0.5, 0.6) is 0 Å². The molecule has 0 spiro atoms. The second-order valence-electron chi connectivity index (χ2n) is 9.14. The third-order valence-electron chi connectivity index (χ3n) is 7.07. The Hall–Kier alpha value is -3.36. The van der Waals surface area contributed by atoms with Crippen molar-refractivity contribution in [2.24, 2.45) is 7.05 Å². The standard InChI is InChI=1S/C26H31F2N5O2/c1-5-18-19(7-6-8-20(18)23(27)28)15(2)31-24-22-13-21(17-9-11-33(12-10-17)16(3)34)26(35)32(4)25(22)30-14-29-24/h6-8,13-15,17,23H,5,9-12H2,1-4H3,(H,29,30,31)/t15-/m1/s1. The van der Waals surface area contributed by atoms with Crippen molar-refractivity contribution in [2.45, 2.75) is 58.4 Å². The van der Waals surface area contributed by atoms with E-state index in [1.807, 2.05) is 26.0 Å². The number of aromatic nitrogens is 3. The van der Waals surface area contributed by atoms with Gasteiger partial charge in [0.2, 0.25) is 5.91 Å². The first-order valence-electron chi connectivity index (χ1n) is 12.0. The van der Waals surface area contributed by atoms with E-state index in [0.29, 0.717) is 60.3 Å². The average molecular weight is 484 g/mol. The minimum absolute atomic E-state index is 0.0357. The molecular formula is C26H31F2N5O2. The van der Waals surface area contributed by atoms with Gasteiger partial charge in [0.25, 0.3) is 12.0 Å². The first-order chi connectivity index (χ1) is 16.7. The number of halogens is 2. The molecule has 0 unspecified atom stereocenters. The van der Waals surface area contributed by atoms with E-state index >= 15 is 0 Å². The Bertz CT molecular complexity index is 1300. The lowest BCUT2D eigenvalue weighted by molar-refractivity contribution is -0.129. The minimum Gasteiger partial charge on any atom is -0.363 e. The van der Waals surface area contributed by atoms with E-state index in [1.54, 1.807) is 24.9 Å². The zero-order valence-corrected chi connectivity index (χ0v) is 20.5. The number of likely N-dealkylation sites (tertiary alicyclic amines) is 1. The number of benzene rings is 1. The van der Waals surface area contributed by atoms with Gasteiger partial charge in [-0.2, -0.15) is 0 Å². The fourth-order valence-corrected chi connectivity index (χ4v) is 5.13. The largest absolute Gasteiger partial charge is 0.363 e. The monoisotopic (exact) mass is 483 g/mol. The van der Waals surface area contributed by atoms with Gasteiger partial charge in [-0.3, -0.25) is 14.2 Å². The summed E-state index contributed by atoms with van der Waals surface area (Å²) in [7, 11) is 1.69.